The monoisotopic (exact) mass is 337 g/mol. The Morgan fingerprint density at radius 2 is 1.65 bits per heavy atom. The lowest BCUT2D eigenvalue weighted by Gasteiger charge is -2.20. The Morgan fingerprint density at radius 1 is 1.09 bits per heavy atom. The summed E-state index contributed by atoms with van der Waals surface area (Å²) in [4.78, 5) is 0.146. The number of aliphatic hydroxyl groups is 1. The Labute approximate surface area is 136 Å². The van der Waals surface area contributed by atoms with E-state index >= 15 is 0 Å². The van der Waals surface area contributed by atoms with Gasteiger partial charge in [0, 0.05) is 6.04 Å². The maximum absolute atomic E-state index is 12.9. The zero-order valence-corrected chi connectivity index (χ0v) is 13.8. The second-order valence-corrected chi connectivity index (χ2v) is 7.12. The molecule has 0 heterocycles. The maximum Gasteiger partial charge on any atom is 0.240 e. The van der Waals surface area contributed by atoms with Gasteiger partial charge in [0.25, 0.3) is 0 Å². The minimum atomic E-state index is -3.73. The van der Waals surface area contributed by atoms with E-state index in [9.17, 15) is 17.9 Å². The molecule has 2 N–H and O–H groups in total. The zero-order chi connectivity index (χ0) is 17.0. The summed E-state index contributed by atoms with van der Waals surface area (Å²) >= 11 is 0. The molecule has 23 heavy (non-hydrogen) atoms. The van der Waals surface area contributed by atoms with E-state index in [1.165, 1.54) is 36.4 Å². The minimum Gasteiger partial charge on any atom is -0.387 e. The van der Waals surface area contributed by atoms with E-state index in [1.807, 2.05) is 6.92 Å². The molecule has 2 rings (SSSR count). The molecular weight excluding hydrogens is 317 g/mol. The fourth-order valence-electron chi connectivity index (χ4n) is 2.23. The third kappa shape index (κ3) is 4.37. The Bertz CT molecular complexity index is 742. The van der Waals surface area contributed by atoms with Crippen LogP contribution < -0.4 is 4.72 Å². The maximum atomic E-state index is 12.9. The van der Waals surface area contributed by atoms with Crippen LogP contribution in [0.4, 0.5) is 4.39 Å². The lowest BCUT2D eigenvalue weighted by atomic mass is 10.0. The lowest BCUT2D eigenvalue weighted by molar-refractivity contribution is 0.146. The van der Waals surface area contributed by atoms with Gasteiger partial charge in [-0.3, -0.25) is 0 Å². The van der Waals surface area contributed by atoms with Crippen molar-refractivity contribution < 1.29 is 17.9 Å². The topological polar surface area (TPSA) is 66.4 Å². The number of halogens is 1. The first kappa shape index (κ1) is 17.6. The SMILES string of the molecule is CCc1ccc(S(=O)(=O)NC(C)C(O)c2ccc(F)cc2)cc1. The molecule has 0 saturated carbocycles. The van der Waals surface area contributed by atoms with Gasteiger partial charge in [0.15, 0.2) is 0 Å². The highest BCUT2D eigenvalue weighted by Gasteiger charge is 2.23. The molecule has 2 aromatic carbocycles. The van der Waals surface area contributed by atoms with E-state index in [0.29, 0.717) is 5.56 Å². The smallest absolute Gasteiger partial charge is 0.240 e. The van der Waals surface area contributed by atoms with Gasteiger partial charge < -0.3 is 5.11 Å². The van der Waals surface area contributed by atoms with Gasteiger partial charge in [0.1, 0.15) is 5.82 Å². The molecule has 4 nitrogen and oxygen atoms in total. The van der Waals surface area contributed by atoms with Crippen LogP contribution in [0.5, 0.6) is 0 Å². The Balaban J connectivity index is 2.13. The van der Waals surface area contributed by atoms with Crippen molar-refractivity contribution in [3.05, 3.63) is 65.5 Å². The number of nitrogens with one attached hydrogen (secondary N) is 1. The first-order valence-corrected chi connectivity index (χ1v) is 8.86. The van der Waals surface area contributed by atoms with Crippen LogP contribution in [0.1, 0.15) is 31.1 Å². The quantitative estimate of drug-likeness (QED) is 0.852. The van der Waals surface area contributed by atoms with Crippen LogP contribution in [0.25, 0.3) is 0 Å². The van der Waals surface area contributed by atoms with Gasteiger partial charge in [-0.05, 0) is 48.7 Å². The number of aliphatic hydroxyl groups excluding tert-OH is 1. The predicted octanol–water partition coefficient (Wildman–Crippen LogP) is 2.79. The van der Waals surface area contributed by atoms with Crippen LogP contribution in [-0.4, -0.2) is 19.6 Å². The number of hydrogen-bond acceptors (Lipinski definition) is 3. The van der Waals surface area contributed by atoms with Crippen LogP contribution >= 0.6 is 0 Å². The Morgan fingerprint density at radius 3 is 2.17 bits per heavy atom. The van der Waals surface area contributed by atoms with Crippen molar-refractivity contribution in [2.75, 3.05) is 0 Å². The van der Waals surface area contributed by atoms with E-state index in [2.05, 4.69) is 4.72 Å². The molecule has 2 unspecified atom stereocenters. The van der Waals surface area contributed by atoms with Gasteiger partial charge in [-0.25, -0.2) is 17.5 Å². The second kappa shape index (κ2) is 7.21. The van der Waals surface area contributed by atoms with Gasteiger partial charge in [0.2, 0.25) is 10.0 Å². The number of rotatable bonds is 6. The van der Waals surface area contributed by atoms with Crippen molar-refractivity contribution in [3.63, 3.8) is 0 Å². The van der Waals surface area contributed by atoms with E-state index in [1.54, 1.807) is 19.1 Å². The predicted molar refractivity (Wildman–Crippen MR) is 87.0 cm³/mol. The first-order chi connectivity index (χ1) is 10.8. The summed E-state index contributed by atoms with van der Waals surface area (Å²) < 4.78 is 40.1. The van der Waals surface area contributed by atoms with Gasteiger partial charge in [-0.1, -0.05) is 31.2 Å². The summed E-state index contributed by atoms with van der Waals surface area (Å²) in [7, 11) is -3.73. The third-order valence-electron chi connectivity index (χ3n) is 3.67. The van der Waals surface area contributed by atoms with Gasteiger partial charge in [-0.15, -0.1) is 0 Å². The molecule has 0 fully saturated rings. The van der Waals surface area contributed by atoms with Gasteiger partial charge >= 0.3 is 0 Å². The van der Waals surface area contributed by atoms with E-state index in [0.717, 1.165) is 12.0 Å². The molecule has 0 saturated heterocycles. The van der Waals surface area contributed by atoms with Crippen molar-refractivity contribution in [2.24, 2.45) is 0 Å². The Hall–Kier alpha value is -1.76. The number of hydrogen-bond donors (Lipinski definition) is 2. The molecule has 0 spiro atoms. The van der Waals surface area contributed by atoms with Crippen LogP contribution in [0.15, 0.2) is 53.4 Å². The van der Waals surface area contributed by atoms with E-state index in [-0.39, 0.29) is 4.90 Å². The molecule has 0 aliphatic rings. The third-order valence-corrected chi connectivity index (χ3v) is 5.24. The summed E-state index contributed by atoms with van der Waals surface area (Å²) in [5, 5.41) is 10.2. The number of sulfonamides is 1. The minimum absolute atomic E-state index is 0.146. The second-order valence-electron chi connectivity index (χ2n) is 5.40. The van der Waals surface area contributed by atoms with Crippen LogP contribution in [0, 0.1) is 5.82 Å². The first-order valence-electron chi connectivity index (χ1n) is 7.38. The van der Waals surface area contributed by atoms with Crippen molar-refractivity contribution in [1.82, 2.24) is 4.72 Å². The summed E-state index contributed by atoms with van der Waals surface area (Å²) in [6.07, 6.45) is -0.242. The molecule has 124 valence electrons. The Kier molecular flexibility index (Phi) is 5.51. The highest BCUT2D eigenvalue weighted by atomic mass is 32.2. The van der Waals surface area contributed by atoms with Crippen molar-refractivity contribution in [3.8, 4) is 0 Å². The van der Waals surface area contributed by atoms with E-state index in [4.69, 9.17) is 0 Å². The molecule has 0 aromatic heterocycles. The normalized spacial score (nSPS) is 14.4. The lowest BCUT2D eigenvalue weighted by Crippen LogP contribution is -2.37. The zero-order valence-electron chi connectivity index (χ0n) is 13.0. The largest absolute Gasteiger partial charge is 0.387 e. The molecule has 2 aromatic rings. The molecule has 0 aliphatic carbocycles. The van der Waals surface area contributed by atoms with Gasteiger partial charge in [-0.2, -0.15) is 0 Å². The highest BCUT2D eigenvalue weighted by Crippen LogP contribution is 2.19. The molecule has 6 heteroatoms. The van der Waals surface area contributed by atoms with Crippen LogP contribution in [0.3, 0.4) is 0 Å². The van der Waals surface area contributed by atoms with Crippen molar-refractivity contribution >= 4 is 10.0 Å². The molecule has 2 atom stereocenters. The summed E-state index contributed by atoms with van der Waals surface area (Å²) in [6.45, 7) is 3.55. The molecule has 0 amide bonds. The fourth-order valence-corrected chi connectivity index (χ4v) is 3.48. The average Bonchev–Trinajstić information content (AvgIpc) is 2.54. The summed E-state index contributed by atoms with van der Waals surface area (Å²) in [5.41, 5.74) is 1.49. The van der Waals surface area contributed by atoms with Crippen LogP contribution in [-0.2, 0) is 16.4 Å². The molecule has 0 radical (unpaired) electrons. The van der Waals surface area contributed by atoms with Crippen molar-refractivity contribution in [1.29, 1.82) is 0 Å². The fraction of sp³-hybridized carbons (Fsp3) is 0.294. The van der Waals surface area contributed by atoms with Gasteiger partial charge in [0.05, 0.1) is 11.0 Å². The van der Waals surface area contributed by atoms with E-state index < -0.39 is 28.0 Å². The standard InChI is InChI=1S/C17H20FNO3S/c1-3-13-4-10-16(11-5-13)23(21,22)19-12(2)17(20)14-6-8-15(18)9-7-14/h4-12,17,19-20H,3H2,1-2H3. The molecule has 0 aliphatic heterocycles. The molecular formula is C17H20FNO3S. The van der Waals surface area contributed by atoms with Crippen molar-refractivity contribution in [2.45, 2.75) is 37.3 Å². The molecule has 0 bridgehead atoms. The van der Waals surface area contributed by atoms with Crippen LogP contribution in [0.2, 0.25) is 0 Å². The highest BCUT2D eigenvalue weighted by molar-refractivity contribution is 7.89. The number of aryl methyl sites for hydroxylation is 1. The average molecular weight is 337 g/mol. The summed E-state index contributed by atoms with van der Waals surface area (Å²) in [6, 6.07) is 11.2. The number of benzene rings is 2. The summed E-state index contributed by atoms with van der Waals surface area (Å²) in [5.74, 6) is -0.412.